The van der Waals surface area contributed by atoms with Crippen molar-refractivity contribution >= 4 is 23.2 Å². The molecule has 0 spiro atoms. The normalized spacial score (nSPS) is 14.0. The van der Waals surface area contributed by atoms with Gasteiger partial charge in [0.2, 0.25) is 5.91 Å². The SMILES string of the molecule is CCCCCC(=O)N1CCN(c2ccc(NC(=O)c3cccc(F)c3)cc2)CC1. The highest BCUT2D eigenvalue weighted by atomic mass is 19.1. The van der Waals surface area contributed by atoms with Crippen LogP contribution in [0.4, 0.5) is 15.8 Å². The lowest BCUT2D eigenvalue weighted by Crippen LogP contribution is -2.48. The van der Waals surface area contributed by atoms with E-state index in [-0.39, 0.29) is 17.4 Å². The highest BCUT2D eigenvalue weighted by Gasteiger charge is 2.20. The summed E-state index contributed by atoms with van der Waals surface area (Å²) < 4.78 is 13.3. The lowest BCUT2D eigenvalue weighted by atomic mass is 10.1. The summed E-state index contributed by atoms with van der Waals surface area (Å²) in [5, 5.41) is 2.78. The first-order chi connectivity index (χ1) is 14.1. The molecule has 1 aliphatic heterocycles. The molecule has 1 saturated heterocycles. The van der Waals surface area contributed by atoms with Crippen molar-refractivity contribution in [2.24, 2.45) is 0 Å². The van der Waals surface area contributed by atoms with Crippen LogP contribution in [0.3, 0.4) is 0 Å². The van der Waals surface area contributed by atoms with E-state index in [2.05, 4.69) is 17.1 Å². The minimum atomic E-state index is -0.434. The summed E-state index contributed by atoms with van der Waals surface area (Å²) >= 11 is 0. The van der Waals surface area contributed by atoms with Crippen LogP contribution in [0.5, 0.6) is 0 Å². The number of nitrogens with zero attached hydrogens (tertiary/aromatic N) is 2. The van der Waals surface area contributed by atoms with Gasteiger partial charge in [-0.3, -0.25) is 9.59 Å². The minimum Gasteiger partial charge on any atom is -0.368 e. The van der Waals surface area contributed by atoms with E-state index in [9.17, 15) is 14.0 Å². The Hall–Kier alpha value is -2.89. The smallest absolute Gasteiger partial charge is 0.255 e. The van der Waals surface area contributed by atoms with Gasteiger partial charge in [0, 0.05) is 49.5 Å². The highest BCUT2D eigenvalue weighted by Crippen LogP contribution is 2.20. The number of benzene rings is 2. The molecule has 0 aromatic heterocycles. The van der Waals surface area contributed by atoms with Gasteiger partial charge in [0.25, 0.3) is 5.91 Å². The first-order valence-corrected chi connectivity index (χ1v) is 10.3. The van der Waals surface area contributed by atoms with E-state index in [1.165, 1.54) is 18.2 Å². The zero-order valence-electron chi connectivity index (χ0n) is 16.9. The topological polar surface area (TPSA) is 52.7 Å². The van der Waals surface area contributed by atoms with Crippen LogP contribution in [0.1, 0.15) is 43.0 Å². The molecule has 0 bridgehead atoms. The summed E-state index contributed by atoms with van der Waals surface area (Å²) in [6.07, 6.45) is 3.85. The first-order valence-electron chi connectivity index (χ1n) is 10.3. The third-order valence-corrected chi connectivity index (χ3v) is 5.20. The lowest BCUT2D eigenvalue weighted by Gasteiger charge is -2.36. The Morgan fingerprint density at radius 3 is 2.38 bits per heavy atom. The fourth-order valence-corrected chi connectivity index (χ4v) is 3.49. The van der Waals surface area contributed by atoms with Crippen LogP contribution in [0.2, 0.25) is 0 Å². The predicted octanol–water partition coefficient (Wildman–Crippen LogP) is 4.31. The van der Waals surface area contributed by atoms with Crippen LogP contribution in [0, 0.1) is 5.82 Å². The molecule has 5 nitrogen and oxygen atoms in total. The molecule has 3 rings (SSSR count). The standard InChI is InChI=1S/C23H28FN3O2/c1-2-3-4-8-22(28)27-15-13-26(14-16-27)21-11-9-20(10-12-21)25-23(29)18-6-5-7-19(24)17-18/h5-7,9-12,17H,2-4,8,13-16H2,1H3,(H,25,29). The molecule has 6 heteroatoms. The second-order valence-electron chi connectivity index (χ2n) is 7.34. The second-order valence-corrected chi connectivity index (χ2v) is 7.34. The number of anilines is 2. The largest absolute Gasteiger partial charge is 0.368 e. The van der Waals surface area contributed by atoms with Gasteiger partial charge in [0.15, 0.2) is 0 Å². The van der Waals surface area contributed by atoms with E-state index >= 15 is 0 Å². The van der Waals surface area contributed by atoms with E-state index in [0.29, 0.717) is 12.1 Å². The fourth-order valence-electron chi connectivity index (χ4n) is 3.49. The van der Waals surface area contributed by atoms with E-state index in [4.69, 9.17) is 0 Å². The number of unbranched alkanes of at least 4 members (excludes halogenated alkanes) is 2. The summed E-state index contributed by atoms with van der Waals surface area (Å²) in [7, 11) is 0. The van der Waals surface area contributed by atoms with Crippen LogP contribution in [-0.2, 0) is 4.79 Å². The van der Waals surface area contributed by atoms with E-state index in [1.807, 2.05) is 29.2 Å². The number of hydrogen-bond donors (Lipinski definition) is 1. The highest BCUT2D eigenvalue weighted by molar-refractivity contribution is 6.04. The minimum absolute atomic E-state index is 0.258. The van der Waals surface area contributed by atoms with Crippen molar-refractivity contribution in [1.82, 2.24) is 4.90 Å². The number of carbonyl (C=O) groups excluding carboxylic acids is 2. The summed E-state index contributed by atoms with van der Waals surface area (Å²) in [6.45, 7) is 5.22. The van der Waals surface area contributed by atoms with Crippen molar-refractivity contribution in [1.29, 1.82) is 0 Å². The van der Waals surface area contributed by atoms with Crippen molar-refractivity contribution in [2.75, 3.05) is 36.4 Å². The molecule has 2 aromatic rings. The third-order valence-electron chi connectivity index (χ3n) is 5.20. The number of amides is 2. The van der Waals surface area contributed by atoms with Gasteiger partial charge < -0.3 is 15.1 Å². The van der Waals surface area contributed by atoms with Crippen molar-refractivity contribution in [2.45, 2.75) is 32.6 Å². The lowest BCUT2D eigenvalue weighted by molar-refractivity contribution is -0.131. The molecular weight excluding hydrogens is 369 g/mol. The summed E-state index contributed by atoms with van der Waals surface area (Å²) in [5.41, 5.74) is 2.01. The number of carbonyl (C=O) groups is 2. The molecule has 0 radical (unpaired) electrons. The maximum atomic E-state index is 13.3. The molecule has 0 unspecified atom stereocenters. The van der Waals surface area contributed by atoms with Crippen LogP contribution < -0.4 is 10.2 Å². The summed E-state index contributed by atoms with van der Waals surface area (Å²) in [6, 6.07) is 13.2. The molecule has 1 N–H and O–H groups in total. The Morgan fingerprint density at radius 1 is 1.00 bits per heavy atom. The number of piperazine rings is 1. The molecule has 2 aromatic carbocycles. The van der Waals surface area contributed by atoms with Gasteiger partial charge in [-0.2, -0.15) is 0 Å². The van der Waals surface area contributed by atoms with Crippen molar-refractivity contribution in [3.63, 3.8) is 0 Å². The molecule has 0 saturated carbocycles. The molecule has 1 heterocycles. The van der Waals surface area contributed by atoms with Crippen LogP contribution in [-0.4, -0.2) is 42.9 Å². The summed E-state index contributed by atoms with van der Waals surface area (Å²) in [4.78, 5) is 28.7. The van der Waals surface area contributed by atoms with Gasteiger partial charge in [0.05, 0.1) is 0 Å². The molecule has 29 heavy (non-hydrogen) atoms. The Kier molecular flexibility index (Phi) is 7.22. The maximum Gasteiger partial charge on any atom is 0.255 e. The van der Waals surface area contributed by atoms with Crippen LogP contribution >= 0.6 is 0 Å². The zero-order valence-corrected chi connectivity index (χ0v) is 16.9. The quantitative estimate of drug-likeness (QED) is 0.709. The Morgan fingerprint density at radius 2 is 1.72 bits per heavy atom. The monoisotopic (exact) mass is 397 g/mol. The summed E-state index contributed by atoms with van der Waals surface area (Å²) in [5.74, 6) is -0.517. The second kappa shape index (κ2) is 10.0. The molecule has 154 valence electrons. The molecule has 1 fully saturated rings. The molecule has 0 atom stereocenters. The zero-order chi connectivity index (χ0) is 20.6. The van der Waals surface area contributed by atoms with Crippen molar-refractivity contribution in [3.05, 3.63) is 59.9 Å². The van der Waals surface area contributed by atoms with Crippen molar-refractivity contribution in [3.8, 4) is 0 Å². The average Bonchev–Trinajstić information content (AvgIpc) is 2.74. The third kappa shape index (κ3) is 5.79. The van der Waals surface area contributed by atoms with E-state index in [0.717, 1.165) is 51.1 Å². The number of halogens is 1. The maximum absolute atomic E-state index is 13.3. The first kappa shape index (κ1) is 20.8. The predicted molar refractivity (Wildman–Crippen MR) is 114 cm³/mol. The van der Waals surface area contributed by atoms with Gasteiger partial charge in [-0.25, -0.2) is 4.39 Å². The van der Waals surface area contributed by atoms with Gasteiger partial charge >= 0.3 is 0 Å². The average molecular weight is 397 g/mol. The Balaban J connectivity index is 1.51. The fraction of sp³-hybridized carbons (Fsp3) is 0.391. The van der Waals surface area contributed by atoms with Gasteiger partial charge in [-0.05, 0) is 48.9 Å². The van der Waals surface area contributed by atoms with Crippen LogP contribution in [0.15, 0.2) is 48.5 Å². The van der Waals surface area contributed by atoms with Crippen molar-refractivity contribution < 1.29 is 14.0 Å². The van der Waals surface area contributed by atoms with E-state index in [1.54, 1.807) is 6.07 Å². The molecule has 1 aliphatic rings. The number of nitrogens with one attached hydrogen (secondary N) is 1. The van der Waals surface area contributed by atoms with Gasteiger partial charge in [-0.15, -0.1) is 0 Å². The number of rotatable bonds is 7. The van der Waals surface area contributed by atoms with Crippen LogP contribution in [0.25, 0.3) is 0 Å². The Bertz CT molecular complexity index is 830. The van der Waals surface area contributed by atoms with Gasteiger partial charge in [-0.1, -0.05) is 25.8 Å². The molecule has 2 amide bonds. The van der Waals surface area contributed by atoms with Gasteiger partial charge in [0.1, 0.15) is 5.82 Å². The Labute approximate surface area is 171 Å². The van der Waals surface area contributed by atoms with E-state index < -0.39 is 5.82 Å². The molecule has 0 aliphatic carbocycles. The number of hydrogen-bond acceptors (Lipinski definition) is 3. The molecular formula is C23H28FN3O2.